The van der Waals surface area contributed by atoms with Gasteiger partial charge in [0, 0.05) is 27.2 Å². The summed E-state index contributed by atoms with van der Waals surface area (Å²) in [6.45, 7) is 6.28. The minimum absolute atomic E-state index is 0.0364. The van der Waals surface area contributed by atoms with Gasteiger partial charge in [-0.25, -0.2) is 0 Å². The molecule has 0 saturated carbocycles. The lowest BCUT2D eigenvalue weighted by Crippen LogP contribution is -2.42. The summed E-state index contributed by atoms with van der Waals surface area (Å²) in [6, 6.07) is 8.44. The van der Waals surface area contributed by atoms with Crippen LogP contribution < -0.4 is 5.73 Å². The fourth-order valence-electron chi connectivity index (χ4n) is 2.00. The van der Waals surface area contributed by atoms with Gasteiger partial charge >= 0.3 is 0 Å². The lowest BCUT2D eigenvalue weighted by molar-refractivity contribution is 0.0278. The number of ether oxygens (including phenoxy) is 1. The molecule has 0 amide bonds. The van der Waals surface area contributed by atoms with Gasteiger partial charge in [0.25, 0.3) is 0 Å². The third-order valence-corrected chi connectivity index (χ3v) is 5.12. The molecule has 0 fully saturated rings. The zero-order valence-corrected chi connectivity index (χ0v) is 13.6. The maximum Gasteiger partial charge on any atom is 0.0735 e. The molecule has 110 valence electrons. The molecule has 2 aromatic rings. The molecule has 2 N–H and O–H groups in total. The number of hydrogen-bond donors (Lipinski definition) is 1. The van der Waals surface area contributed by atoms with Crippen molar-refractivity contribution in [1.82, 2.24) is 4.90 Å². The minimum Gasteiger partial charge on any atom is -0.375 e. The number of hydrogen-bond acceptors (Lipinski definition) is 4. The van der Waals surface area contributed by atoms with Gasteiger partial charge in [0.05, 0.1) is 13.2 Å². The average molecular weight is 292 g/mol. The van der Waals surface area contributed by atoms with Gasteiger partial charge in [0.1, 0.15) is 0 Å². The van der Waals surface area contributed by atoms with Gasteiger partial charge in [-0.3, -0.25) is 0 Å². The van der Waals surface area contributed by atoms with Crippen LogP contribution in [0, 0.1) is 0 Å². The van der Waals surface area contributed by atoms with E-state index < -0.39 is 0 Å². The molecule has 0 aliphatic carbocycles. The van der Waals surface area contributed by atoms with Crippen LogP contribution in [0.3, 0.4) is 0 Å². The van der Waals surface area contributed by atoms with Gasteiger partial charge in [-0.2, -0.15) is 0 Å². The van der Waals surface area contributed by atoms with E-state index in [-0.39, 0.29) is 5.54 Å². The predicted octanol–water partition coefficient (Wildman–Crippen LogP) is 3.22. The Morgan fingerprint density at radius 2 is 1.95 bits per heavy atom. The van der Waals surface area contributed by atoms with Gasteiger partial charge in [-0.1, -0.05) is 18.2 Å². The molecular formula is C16H24N2OS. The van der Waals surface area contributed by atoms with E-state index in [9.17, 15) is 0 Å². The van der Waals surface area contributed by atoms with Crippen LogP contribution in [0.1, 0.15) is 24.3 Å². The highest BCUT2D eigenvalue weighted by molar-refractivity contribution is 7.19. The highest BCUT2D eigenvalue weighted by Crippen LogP contribution is 2.31. The van der Waals surface area contributed by atoms with Crippen LogP contribution in [0.2, 0.25) is 0 Å². The Balaban J connectivity index is 2.13. The molecule has 0 unspecified atom stereocenters. The Hall–Kier alpha value is -0.940. The van der Waals surface area contributed by atoms with Crippen LogP contribution in [0.5, 0.6) is 0 Å². The lowest BCUT2D eigenvalue weighted by atomic mass is 10.1. The van der Waals surface area contributed by atoms with Crippen molar-refractivity contribution >= 4 is 21.4 Å². The molecule has 3 nitrogen and oxygen atoms in total. The Morgan fingerprint density at radius 1 is 1.25 bits per heavy atom. The summed E-state index contributed by atoms with van der Waals surface area (Å²) in [5.41, 5.74) is 7.16. The molecule has 2 rings (SSSR count). The number of benzene rings is 1. The van der Waals surface area contributed by atoms with Crippen molar-refractivity contribution in [3.05, 3.63) is 34.7 Å². The molecule has 20 heavy (non-hydrogen) atoms. The highest BCUT2D eigenvalue weighted by atomic mass is 32.1. The van der Waals surface area contributed by atoms with E-state index in [0.29, 0.717) is 19.8 Å². The first kappa shape index (κ1) is 15.4. The van der Waals surface area contributed by atoms with E-state index >= 15 is 0 Å². The van der Waals surface area contributed by atoms with Crippen LogP contribution in [0.4, 0.5) is 0 Å². The second-order valence-corrected chi connectivity index (χ2v) is 7.04. The van der Waals surface area contributed by atoms with Crippen molar-refractivity contribution in [2.24, 2.45) is 5.73 Å². The molecule has 1 heterocycles. The van der Waals surface area contributed by atoms with Gasteiger partial charge in [-0.15, -0.1) is 11.3 Å². The Bertz CT molecular complexity index is 575. The smallest absolute Gasteiger partial charge is 0.0735 e. The molecule has 0 spiro atoms. The monoisotopic (exact) mass is 292 g/mol. The minimum atomic E-state index is 0.0364. The van der Waals surface area contributed by atoms with Crippen molar-refractivity contribution in [3.8, 4) is 0 Å². The maximum absolute atomic E-state index is 5.96. The summed E-state index contributed by atoms with van der Waals surface area (Å²) in [7, 11) is 4.16. The molecule has 0 aliphatic heterocycles. The summed E-state index contributed by atoms with van der Waals surface area (Å²) >= 11 is 1.77. The van der Waals surface area contributed by atoms with Crippen molar-refractivity contribution in [2.45, 2.75) is 32.5 Å². The average Bonchev–Trinajstić information content (AvgIpc) is 2.77. The van der Waals surface area contributed by atoms with Crippen LogP contribution in [-0.2, 0) is 17.9 Å². The summed E-state index contributed by atoms with van der Waals surface area (Å²) in [5.74, 6) is 0. The van der Waals surface area contributed by atoms with E-state index in [1.165, 1.54) is 20.5 Å². The first-order valence-electron chi connectivity index (χ1n) is 6.90. The molecule has 4 heteroatoms. The summed E-state index contributed by atoms with van der Waals surface area (Å²) in [5, 5.41) is 1.28. The number of thiophene rings is 1. The van der Waals surface area contributed by atoms with Gasteiger partial charge in [-0.05, 0) is 39.4 Å². The van der Waals surface area contributed by atoms with Gasteiger partial charge in [0.15, 0.2) is 0 Å². The Kier molecular flexibility index (Phi) is 4.81. The number of nitrogens with two attached hydrogens (primary N) is 1. The highest BCUT2D eigenvalue weighted by Gasteiger charge is 2.21. The summed E-state index contributed by atoms with van der Waals surface area (Å²) in [4.78, 5) is 3.41. The lowest BCUT2D eigenvalue weighted by Gasteiger charge is -2.32. The van der Waals surface area contributed by atoms with Crippen molar-refractivity contribution in [1.29, 1.82) is 0 Å². The Morgan fingerprint density at radius 3 is 2.60 bits per heavy atom. The molecular weight excluding hydrogens is 268 g/mol. The Labute approximate surface area is 125 Å². The van der Waals surface area contributed by atoms with Crippen LogP contribution in [0.25, 0.3) is 10.1 Å². The van der Waals surface area contributed by atoms with Crippen molar-refractivity contribution < 1.29 is 4.74 Å². The third kappa shape index (κ3) is 3.20. The second kappa shape index (κ2) is 6.22. The molecule has 0 bridgehead atoms. The van der Waals surface area contributed by atoms with Crippen LogP contribution in [0.15, 0.2) is 24.3 Å². The first-order valence-corrected chi connectivity index (χ1v) is 7.72. The second-order valence-electron chi connectivity index (χ2n) is 5.90. The van der Waals surface area contributed by atoms with E-state index in [1.807, 2.05) is 0 Å². The molecule has 1 aromatic heterocycles. The van der Waals surface area contributed by atoms with E-state index in [0.717, 1.165) is 0 Å². The predicted molar refractivity (Wildman–Crippen MR) is 87.1 cm³/mol. The zero-order chi connectivity index (χ0) is 14.8. The number of likely N-dealkylation sites (N-methyl/N-ethyl adjacent to an activating group) is 1. The molecule has 0 aliphatic rings. The molecule has 1 aromatic carbocycles. The van der Waals surface area contributed by atoms with Gasteiger partial charge in [0.2, 0.25) is 0 Å². The molecule has 0 atom stereocenters. The third-order valence-electron chi connectivity index (χ3n) is 3.88. The van der Waals surface area contributed by atoms with E-state index in [4.69, 9.17) is 10.5 Å². The maximum atomic E-state index is 5.96. The largest absolute Gasteiger partial charge is 0.375 e. The summed E-state index contributed by atoms with van der Waals surface area (Å²) < 4.78 is 7.25. The van der Waals surface area contributed by atoms with E-state index in [1.54, 1.807) is 11.3 Å². The molecule has 0 saturated heterocycles. The summed E-state index contributed by atoms with van der Waals surface area (Å²) in [6.07, 6.45) is 0. The fraction of sp³-hybridized carbons (Fsp3) is 0.500. The normalized spacial score (nSPS) is 12.5. The molecule has 0 radical (unpaired) electrons. The van der Waals surface area contributed by atoms with Crippen LogP contribution in [-0.4, -0.2) is 31.1 Å². The number of rotatable bonds is 6. The van der Waals surface area contributed by atoms with E-state index in [2.05, 4.69) is 57.1 Å². The van der Waals surface area contributed by atoms with Crippen molar-refractivity contribution in [2.75, 3.05) is 20.7 Å². The first-order chi connectivity index (χ1) is 9.45. The van der Waals surface area contributed by atoms with Crippen molar-refractivity contribution in [3.63, 3.8) is 0 Å². The topological polar surface area (TPSA) is 38.5 Å². The zero-order valence-electron chi connectivity index (χ0n) is 12.8. The number of nitrogens with zero attached hydrogens (tertiary/aromatic N) is 1. The fourth-order valence-corrected chi connectivity index (χ4v) is 3.09. The van der Waals surface area contributed by atoms with Gasteiger partial charge < -0.3 is 15.4 Å². The standard InChI is InChI=1S/C16H24N2OS/c1-16(2,18(3)4)11-19-10-13-12-7-5-6-8-14(12)20-15(13)9-17/h5-8H,9-11,17H2,1-4H3. The quantitative estimate of drug-likeness (QED) is 0.888. The SMILES string of the molecule is CN(C)C(C)(C)COCc1c(CN)sc2ccccc12. The number of fused-ring (bicyclic) bond motifs is 1. The van der Waals surface area contributed by atoms with Crippen LogP contribution >= 0.6 is 11.3 Å².